The quantitative estimate of drug-likeness (QED) is 0.727. The van der Waals surface area contributed by atoms with Crippen molar-refractivity contribution >= 4 is 5.91 Å². The van der Waals surface area contributed by atoms with Crippen molar-refractivity contribution in [1.82, 2.24) is 24.6 Å². The molecule has 3 heterocycles. The molecule has 114 valence electrons. The molecule has 0 atom stereocenters. The van der Waals surface area contributed by atoms with E-state index in [1.54, 1.807) is 11.0 Å². The van der Waals surface area contributed by atoms with Gasteiger partial charge in [0, 0.05) is 25.0 Å². The maximum atomic E-state index is 13.0. The molecule has 0 radical (unpaired) electrons. The molecule has 0 N–H and O–H groups in total. The molecule has 0 spiro atoms. The normalized spacial score (nSPS) is 13.2. The highest BCUT2D eigenvalue weighted by Crippen LogP contribution is 2.25. The van der Waals surface area contributed by atoms with E-state index in [1.165, 1.54) is 11.9 Å². The monoisotopic (exact) mass is 305 g/mol. The Morgan fingerprint density at radius 3 is 2.83 bits per heavy atom. The Morgan fingerprint density at radius 2 is 2.00 bits per heavy atom. The summed E-state index contributed by atoms with van der Waals surface area (Å²) in [7, 11) is 0. The summed E-state index contributed by atoms with van der Waals surface area (Å²) in [6.07, 6.45) is 4.92. The summed E-state index contributed by atoms with van der Waals surface area (Å²) < 4.78 is 1.61. The molecule has 1 aromatic carbocycles. The molecule has 6 nitrogen and oxygen atoms in total. The van der Waals surface area contributed by atoms with Crippen LogP contribution < -0.4 is 0 Å². The molecule has 6 heteroatoms. The van der Waals surface area contributed by atoms with Crippen molar-refractivity contribution in [2.24, 2.45) is 0 Å². The molecule has 0 aliphatic carbocycles. The average molecular weight is 305 g/mol. The van der Waals surface area contributed by atoms with Crippen molar-refractivity contribution in [3.05, 3.63) is 71.6 Å². The smallest absolute Gasteiger partial charge is 0.256 e. The lowest BCUT2D eigenvalue weighted by molar-refractivity contribution is 0.0751. The van der Waals surface area contributed by atoms with E-state index in [9.17, 15) is 4.79 Å². The van der Waals surface area contributed by atoms with Crippen LogP contribution in [0.15, 0.2) is 49.2 Å². The van der Waals surface area contributed by atoms with Gasteiger partial charge in [0.15, 0.2) is 0 Å². The SMILES string of the molecule is Cc1cc2c(cn1)CN(C(=O)c1ccccc1-n1cncn1)C2. The second-order valence-electron chi connectivity index (χ2n) is 5.61. The molecule has 4 rings (SSSR count). The first-order chi connectivity index (χ1) is 11.2. The van der Waals surface area contributed by atoms with E-state index < -0.39 is 0 Å². The number of carbonyl (C=O) groups is 1. The molecule has 0 fully saturated rings. The number of nitrogens with zero attached hydrogens (tertiary/aromatic N) is 5. The van der Waals surface area contributed by atoms with Crippen LogP contribution in [0.2, 0.25) is 0 Å². The van der Waals surface area contributed by atoms with E-state index in [-0.39, 0.29) is 5.91 Å². The lowest BCUT2D eigenvalue weighted by Gasteiger charge is -2.17. The van der Waals surface area contributed by atoms with Gasteiger partial charge >= 0.3 is 0 Å². The van der Waals surface area contributed by atoms with Crippen LogP contribution in [0.25, 0.3) is 5.69 Å². The van der Waals surface area contributed by atoms with Crippen LogP contribution in [0.1, 0.15) is 27.2 Å². The summed E-state index contributed by atoms with van der Waals surface area (Å²) in [5, 5.41) is 4.13. The molecule has 2 aromatic heterocycles. The first-order valence-electron chi connectivity index (χ1n) is 7.40. The maximum absolute atomic E-state index is 13.0. The highest BCUT2D eigenvalue weighted by Gasteiger charge is 2.26. The first-order valence-corrected chi connectivity index (χ1v) is 7.40. The number of amides is 1. The van der Waals surface area contributed by atoms with E-state index in [1.807, 2.05) is 48.4 Å². The maximum Gasteiger partial charge on any atom is 0.256 e. The fourth-order valence-electron chi connectivity index (χ4n) is 2.90. The lowest BCUT2D eigenvalue weighted by Crippen LogP contribution is -2.26. The van der Waals surface area contributed by atoms with Crippen molar-refractivity contribution in [3.63, 3.8) is 0 Å². The minimum atomic E-state index is -0.00930. The van der Waals surface area contributed by atoms with Gasteiger partial charge in [-0.25, -0.2) is 9.67 Å². The van der Waals surface area contributed by atoms with E-state index in [4.69, 9.17) is 0 Å². The van der Waals surface area contributed by atoms with Crippen molar-refractivity contribution < 1.29 is 4.79 Å². The number of pyridine rings is 1. The standard InChI is InChI=1S/C17H15N5O/c1-12-6-13-8-21(9-14(13)7-19-12)17(23)15-4-2-3-5-16(15)22-11-18-10-20-22/h2-7,10-11H,8-9H2,1H3. The molecule has 1 aliphatic rings. The van der Waals surface area contributed by atoms with Gasteiger partial charge in [0.1, 0.15) is 12.7 Å². The molecular formula is C17H15N5O. The molecule has 0 bridgehead atoms. The van der Waals surface area contributed by atoms with Crippen molar-refractivity contribution in [3.8, 4) is 5.69 Å². The summed E-state index contributed by atoms with van der Waals surface area (Å²) in [5.74, 6) is -0.00930. The minimum Gasteiger partial charge on any atom is -0.330 e. The van der Waals surface area contributed by atoms with Crippen molar-refractivity contribution in [2.75, 3.05) is 0 Å². The van der Waals surface area contributed by atoms with Crippen LogP contribution in [-0.4, -0.2) is 30.6 Å². The van der Waals surface area contributed by atoms with Crippen LogP contribution in [0.3, 0.4) is 0 Å². The zero-order valence-electron chi connectivity index (χ0n) is 12.7. The van der Waals surface area contributed by atoms with Crippen LogP contribution in [0, 0.1) is 6.92 Å². The Kier molecular flexibility index (Phi) is 3.15. The predicted octanol–water partition coefficient (Wildman–Crippen LogP) is 2.13. The molecule has 0 unspecified atom stereocenters. The first kappa shape index (κ1) is 13.6. The number of fused-ring (bicyclic) bond motifs is 1. The van der Waals surface area contributed by atoms with Crippen LogP contribution in [0.4, 0.5) is 0 Å². The highest BCUT2D eigenvalue weighted by atomic mass is 16.2. The third kappa shape index (κ3) is 2.38. The third-order valence-electron chi connectivity index (χ3n) is 4.03. The molecule has 23 heavy (non-hydrogen) atoms. The number of hydrogen-bond donors (Lipinski definition) is 0. The molecular weight excluding hydrogens is 290 g/mol. The number of rotatable bonds is 2. The minimum absolute atomic E-state index is 0.00930. The van der Waals surface area contributed by atoms with Crippen molar-refractivity contribution in [2.45, 2.75) is 20.0 Å². The molecule has 0 saturated carbocycles. The van der Waals surface area contributed by atoms with E-state index in [0.29, 0.717) is 18.7 Å². The van der Waals surface area contributed by atoms with Crippen LogP contribution >= 0.6 is 0 Å². The van der Waals surface area contributed by atoms with Gasteiger partial charge in [-0.05, 0) is 36.2 Å². The fraction of sp³-hybridized carbons (Fsp3) is 0.176. The Balaban J connectivity index is 1.67. The summed E-state index contributed by atoms with van der Waals surface area (Å²) in [5.41, 5.74) is 4.61. The summed E-state index contributed by atoms with van der Waals surface area (Å²) in [6.45, 7) is 3.17. The predicted molar refractivity (Wildman–Crippen MR) is 83.9 cm³/mol. The van der Waals surface area contributed by atoms with Gasteiger partial charge in [0.2, 0.25) is 0 Å². The largest absolute Gasteiger partial charge is 0.330 e. The summed E-state index contributed by atoms with van der Waals surface area (Å²) in [6, 6.07) is 9.50. The topological polar surface area (TPSA) is 63.9 Å². The van der Waals surface area contributed by atoms with E-state index in [2.05, 4.69) is 15.1 Å². The number of aryl methyl sites for hydroxylation is 1. The van der Waals surface area contributed by atoms with Gasteiger partial charge in [-0.2, -0.15) is 5.10 Å². The van der Waals surface area contributed by atoms with Gasteiger partial charge < -0.3 is 4.90 Å². The van der Waals surface area contributed by atoms with E-state index in [0.717, 1.165) is 16.9 Å². The highest BCUT2D eigenvalue weighted by molar-refractivity contribution is 5.98. The average Bonchev–Trinajstić information content (AvgIpc) is 3.23. The Labute approximate surface area is 133 Å². The molecule has 1 aliphatic heterocycles. The zero-order chi connectivity index (χ0) is 15.8. The number of aromatic nitrogens is 4. The number of benzene rings is 1. The Morgan fingerprint density at radius 1 is 1.17 bits per heavy atom. The van der Waals surface area contributed by atoms with Gasteiger partial charge in [0.25, 0.3) is 5.91 Å². The summed E-state index contributed by atoms with van der Waals surface area (Å²) in [4.78, 5) is 23.1. The van der Waals surface area contributed by atoms with Gasteiger partial charge in [-0.15, -0.1) is 0 Å². The van der Waals surface area contributed by atoms with Crippen molar-refractivity contribution in [1.29, 1.82) is 0 Å². The Bertz CT molecular complexity index is 872. The molecule has 0 saturated heterocycles. The number of carbonyl (C=O) groups excluding carboxylic acids is 1. The van der Waals surface area contributed by atoms with Crippen LogP contribution in [0.5, 0.6) is 0 Å². The zero-order valence-corrected chi connectivity index (χ0v) is 12.7. The van der Waals surface area contributed by atoms with Crippen LogP contribution in [-0.2, 0) is 13.1 Å². The van der Waals surface area contributed by atoms with E-state index >= 15 is 0 Å². The second-order valence-corrected chi connectivity index (χ2v) is 5.61. The van der Waals surface area contributed by atoms with Gasteiger partial charge in [0.05, 0.1) is 11.3 Å². The number of para-hydroxylation sites is 1. The molecule has 3 aromatic rings. The second kappa shape index (κ2) is 5.31. The molecule has 1 amide bonds. The summed E-state index contributed by atoms with van der Waals surface area (Å²) >= 11 is 0. The lowest BCUT2D eigenvalue weighted by atomic mass is 10.1. The Hall–Kier alpha value is -3.02. The number of hydrogen-bond acceptors (Lipinski definition) is 4. The van der Waals surface area contributed by atoms with Gasteiger partial charge in [-0.1, -0.05) is 12.1 Å². The van der Waals surface area contributed by atoms with Gasteiger partial charge in [-0.3, -0.25) is 9.78 Å². The fourth-order valence-corrected chi connectivity index (χ4v) is 2.90. The third-order valence-corrected chi connectivity index (χ3v) is 4.03.